The molecule has 1 aromatic carbocycles. The lowest BCUT2D eigenvalue weighted by Gasteiger charge is -2.02. The Labute approximate surface area is 120 Å². The van der Waals surface area contributed by atoms with E-state index in [4.69, 9.17) is 5.11 Å². The van der Waals surface area contributed by atoms with Crippen LogP contribution in [0.25, 0.3) is 12.2 Å². The Hall–Kier alpha value is -2.52. The maximum atomic E-state index is 11.6. The lowest BCUT2D eigenvalue weighted by molar-refractivity contribution is 0.0690. The predicted octanol–water partition coefficient (Wildman–Crippen LogP) is 0.581. The van der Waals surface area contributed by atoms with Gasteiger partial charge in [0.25, 0.3) is 0 Å². The van der Waals surface area contributed by atoms with E-state index in [1.807, 2.05) is 0 Å². The summed E-state index contributed by atoms with van der Waals surface area (Å²) in [4.78, 5) is 11.0. The first-order valence-electron chi connectivity index (χ1n) is 5.80. The molecule has 0 aliphatic carbocycles. The van der Waals surface area contributed by atoms with Crippen molar-refractivity contribution >= 4 is 28.1 Å². The maximum absolute atomic E-state index is 11.6. The molecule has 8 nitrogen and oxygen atoms in total. The number of aromatic amines is 1. The average molecular weight is 308 g/mol. The minimum absolute atomic E-state index is 0.150. The Bertz CT molecular complexity index is 778. The van der Waals surface area contributed by atoms with Gasteiger partial charge in [-0.05, 0) is 30.8 Å². The van der Waals surface area contributed by atoms with Crippen molar-refractivity contribution in [3.05, 3.63) is 41.2 Å². The van der Waals surface area contributed by atoms with Gasteiger partial charge in [0, 0.05) is 0 Å². The third kappa shape index (κ3) is 3.33. The molecule has 0 aliphatic heterocycles. The third-order valence-electron chi connectivity index (χ3n) is 2.68. The summed E-state index contributed by atoms with van der Waals surface area (Å²) in [7, 11) is -2.13. The predicted molar refractivity (Wildman–Crippen MR) is 75.0 cm³/mol. The number of sulfonamides is 1. The van der Waals surface area contributed by atoms with E-state index in [1.165, 1.54) is 25.3 Å². The van der Waals surface area contributed by atoms with Crippen LogP contribution in [0.4, 0.5) is 0 Å². The quantitative estimate of drug-likeness (QED) is 0.742. The maximum Gasteiger partial charge on any atom is 0.358 e. The van der Waals surface area contributed by atoms with E-state index >= 15 is 0 Å². The van der Waals surface area contributed by atoms with Crippen molar-refractivity contribution in [1.29, 1.82) is 0 Å². The summed E-state index contributed by atoms with van der Waals surface area (Å²) in [5, 5.41) is 18.2. The van der Waals surface area contributed by atoms with Crippen LogP contribution in [0.5, 0.6) is 0 Å². The van der Waals surface area contributed by atoms with Gasteiger partial charge in [0.05, 0.1) is 10.6 Å². The van der Waals surface area contributed by atoms with E-state index < -0.39 is 16.0 Å². The molecule has 9 heteroatoms. The summed E-state index contributed by atoms with van der Waals surface area (Å²) in [6.07, 6.45) is 3.13. The van der Waals surface area contributed by atoms with Crippen LogP contribution in [0.1, 0.15) is 21.7 Å². The smallest absolute Gasteiger partial charge is 0.358 e. The number of aromatic carboxylic acids is 1. The van der Waals surface area contributed by atoms with Crippen LogP contribution >= 0.6 is 0 Å². The van der Waals surface area contributed by atoms with Crippen molar-refractivity contribution in [3.8, 4) is 0 Å². The van der Waals surface area contributed by atoms with Crippen LogP contribution in [-0.2, 0) is 10.0 Å². The van der Waals surface area contributed by atoms with Gasteiger partial charge >= 0.3 is 5.97 Å². The number of carboxylic acids is 1. The van der Waals surface area contributed by atoms with E-state index in [0.29, 0.717) is 5.56 Å². The molecule has 2 rings (SSSR count). The van der Waals surface area contributed by atoms with E-state index in [2.05, 4.69) is 20.1 Å². The molecule has 21 heavy (non-hydrogen) atoms. The van der Waals surface area contributed by atoms with E-state index in [9.17, 15) is 13.2 Å². The van der Waals surface area contributed by atoms with Crippen molar-refractivity contribution in [2.45, 2.75) is 4.90 Å². The minimum atomic E-state index is -3.47. The Morgan fingerprint density at radius 3 is 2.52 bits per heavy atom. The first-order valence-corrected chi connectivity index (χ1v) is 7.28. The SMILES string of the molecule is CNS(=O)(=O)c1ccc(/C=C/c2[nH]nnc2C(=O)O)cc1. The number of nitrogens with one attached hydrogen (secondary N) is 2. The first kappa shape index (κ1) is 14.9. The highest BCUT2D eigenvalue weighted by atomic mass is 32.2. The Balaban J connectivity index is 2.23. The number of benzene rings is 1. The van der Waals surface area contributed by atoms with Gasteiger partial charge in [0.2, 0.25) is 10.0 Å². The number of rotatable bonds is 5. The molecule has 0 bridgehead atoms. The number of nitrogens with zero attached hydrogens (tertiary/aromatic N) is 2. The van der Waals surface area contributed by atoms with Gasteiger partial charge < -0.3 is 5.11 Å². The van der Waals surface area contributed by atoms with Crippen molar-refractivity contribution in [1.82, 2.24) is 20.1 Å². The first-order chi connectivity index (χ1) is 9.94. The second-order valence-corrected chi connectivity index (χ2v) is 5.88. The Kier molecular flexibility index (Phi) is 4.15. The monoisotopic (exact) mass is 308 g/mol. The number of hydrogen-bond donors (Lipinski definition) is 3. The summed E-state index contributed by atoms with van der Waals surface area (Å²) in [6, 6.07) is 6.11. The van der Waals surface area contributed by atoms with Crippen LogP contribution < -0.4 is 4.72 Å². The molecule has 0 unspecified atom stereocenters. The van der Waals surface area contributed by atoms with Crippen molar-refractivity contribution < 1.29 is 18.3 Å². The summed E-state index contributed by atoms with van der Waals surface area (Å²) >= 11 is 0. The summed E-state index contributed by atoms with van der Waals surface area (Å²) in [5.74, 6) is -1.18. The van der Waals surface area contributed by atoms with Crippen LogP contribution in [0.15, 0.2) is 29.2 Å². The highest BCUT2D eigenvalue weighted by Crippen LogP contribution is 2.13. The normalized spacial score (nSPS) is 11.9. The van der Waals surface area contributed by atoms with Gasteiger partial charge in [-0.2, -0.15) is 0 Å². The standard InChI is InChI=1S/C12H12N4O4S/c1-13-21(19,20)9-5-2-8(3-6-9)4-7-10-11(12(17)18)15-16-14-10/h2-7,13H,1H3,(H,17,18)(H,14,15,16)/b7-4+. The van der Waals surface area contributed by atoms with Crippen LogP contribution in [-0.4, -0.2) is 42.0 Å². The van der Waals surface area contributed by atoms with Gasteiger partial charge in [-0.1, -0.05) is 23.4 Å². The Morgan fingerprint density at radius 2 is 1.95 bits per heavy atom. The lowest BCUT2D eigenvalue weighted by atomic mass is 10.2. The minimum Gasteiger partial charge on any atom is -0.476 e. The number of hydrogen-bond acceptors (Lipinski definition) is 5. The second-order valence-electron chi connectivity index (χ2n) is 3.99. The molecule has 1 heterocycles. The van der Waals surface area contributed by atoms with Crippen molar-refractivity contribution in [3.63, 3.8) is 0 Å². The lowest BCUT2D eigenvalue weighted by Crippen LogP contribution is -2.18. The van der Waals surface area contributed by atoms with E-state index in [1.54, 1.807) is 18.2 Å². The van der Waals surface area contributed by atoms with Crippen LogP contribution in [0.3, 0.4) is 0 Å². The molecule has 0 atom stereocenters. The Morgan fingerprint density at radius 1 is 1.29 bits per heavy atom. The zero-order valence-corrected chi connectivity index (χ0v) is 11.8. The highest BCUT2D eigenvalue weighted by molar-refractivity contribution is 7.89. The molecule has 0 amide bonds. The molecule has 0 spiro atoms. The number of carboxylic acid groups (broad SMARTS) is 1. The molecular formula is C12H12N4O4S. The second kappa shape index (κ2) is 5.85. The molecule has 0 radical (unpaired) electrons. The van der Waals surface area contributed by atoms with Gasteiger partial charge in [-0.25, -0.2) is 17.9 Å². The van der Waals surface area contributed by atoms with Gasteiger partial charge in [0.1, 0.15) is 0 Å². The highest BCUT2D eigenvalue weighted by Gasteiger charge is 2.12. The van der Waals surface area contributed by atoms with E-state index in [0.717, 1.165) is 0 Å². The topological polar surface area (TPSA) is 125 Å². The zero-order chi connectivity index (χ0) is 15.5. The molecule has 1 aromatic heterocycles. The third-order valence-corrected chi connectivity index (χ3v) is 4.11. The van der Waals surface area contributed by atoms with Gasteiger partial charge in [-0.15, -0.1) is 5.10 Å². The summed E-state index contributed by atoms with van der Waals surface area (Å²) in [6.45, 7) is 0. The average Bonchev–Trinajstić information content (AvgIpc) is 2.94. The fraction of sp³-hybridized carbons (Fsp3) is 0.0833. The van der Waals surface area contributed by atoms with Crippen LogP contribution in [0.2, 0.25) is 0 Å². The number of H-pyrrole nitrogens is 1. The molecule has 110 valence electrons. The molecule has 3 N–H and O–H groups in total. The largest absolute Gasteiger partial charge is 0.476 e. The van der Waals surface area contributed by atoms with Crippen molar-refractivity contribution in [2.75, 3.05) is 7.05 Å². The van der Waals surface area contributed by atoms with Crippen molar-refractivity contribution in [2.24, 2.45) is 0 Å². The molecule has 0 aliphatic rings. The fourth-order valence-corrected chi connectivity index (χ4v) is 2.30. The fourth-order valence-electron chi connectivity index (χ4n) is 1.57. The molecule has 0 saturated heterocycles. The van der Waals surface area contributed by atoms with E-state index in [-0.39, 0.29) is 16.3 Å². The van der Waals surface area contributed by atoms with Crippen LogP contribution in [0, 0.1) is 0 Å². The number of carbonyl (C=O) groups is 1. The summed E-state index contributed by atoms with van der Waals surface area (Å²) < 4.78 is 25.3. The molecule has 0 saturated carbocycles. The molecule has 2 aromatic rings. The zero-order valence-electron chi connectivity index (χ0n) is 10.9. The summed E-state index contributed by atoms with van der Waals surface area (Å²) in [5.41, 5.74) is 0.783. The molecule has 0 fully saturated rings. The van der Waals surface area contributed by atoms with Gasteiger partial charge in [-0.3, -0.25) is 5.10 Å². The number of aromatic nitrogens is 3. The van der Waals surface area contributed by atoms with Gasteiger partial charge in [0.15, 0.2) is 5.69 Å². The molecular weight excluding hydrogens is 296 g/mol.